The molecule has 0 radical (unpaired) electrons. The molecule has 0 aliphatic heterocycles. The molecule has 0 aliphatic rings. The fourth-order valence-corrected chi connectivity index (χ4v) is 3.15. The van der Waals surface area contributed by atoms with Crippen molar-refractivity contribution in [3.8, 4) is 0 Å². The number of nitrogens with zero attached hydrogens (tertiary/aromatic N) is 4. The van der Waals surface area contributed by atoms with E-state index in [1.807, 2.05) is 47.0 Å². The van der Waals surface area contributed by atoms with Gasteiger partial charge in [-0.25, -0.2) is 9.97 Å². The Kier molecular flexibility index (Phi) is 5.47. The molecule has 8 heteroatoms. The first-order valence-electron chi connectivity index (χ1n) is 9.51. The van der Waals surface area contributed by atoms with Gasteiger partial charge >= 0.3 is 0 Å². The van der Waals surface area contributed by atoms with Gasteiger partial charge in [-0.15, -0.1) is 0 Å². The van der Waals surface area contributed by atoms with Crippen molar-refractivity contribution in [2.75, 3.05) is 12.4 Å². The molecule has 8 nitrogen and oxygen atoms in total. The van der Waals surface area contributed by atoms with Gasteiger partial charge in [-0.1, -0.05) is 24.3 Å². The van der Waals surface area contributed by atoms with Crippen molar-refractivity contribution in [2.24, 2.45) is 0 Å². The third-order valence-corrected chi connectivity index (χ3v) is 4.64. The molecule has 0 atom stereocenters. The zero-order chi connectivity index (χ0) is 20.9. The van der Waals surface area contributed by atoms with E-state index in [-0.39, 0.29) is 17.3 Å². The Morgan fingerprint density at radius 3 is 2.43 bits per heavy atom. The number of benzene rings is 1. The minimum absolute atomic E-state index is 0.138. The summed E-state index contributed by atoms with van der Waals surface area (Å²) in [6, 6.07) is 18.2. The van der Waals surface area contributed by atoms with Gasteiger partial charge in [0, 0.05) is 31.9 Å². The van der Waals surface area contributed by atoms with E-state index in [1.165, 1.54) is 7.05 Å². The maximum atomic E-state index is 12.8. The summed E-state index contributed by atoms with van der Waals surface area (Å²) in [7, 11) is 1.51. The number of aromatic nitrogens is 4. The molecule has 30 heavy (non-hydrogen) atoms. The van der Waals surface area contributed by atoms with Crippen LogP contribution in [0.2, 0.25) is 0 Å². The maximum absolute atomic E-state index is 12.8. The van der Waals surface area contributed by atoms with Gasteiger partial charge in [0.1, 0.15) is 11.4 Å². The summed E-state index contributed by atoms with van der Waals surface area (Å²) in [4.78, 5) is 37.7. The summed E-state index contributed by atoms with van der Waals surface area (Å²) in [5.41, 5.74) is 2.96. The molecule has 0 saturated heterocycles. The first-order chi connectivity index (χ1) is 14.7. The lowest BCUT2D eigenvalue weighted by atomic mass is 10.2. The normalized spacial score (nSPS) is 10.7. The van der Waals surface area contributed by atoms with E-state index in [0.29, 0.717) is 18.9 Å². The number of hydrogen-bond donors (Lipinski definition) is 2. The number of nitrogens with one attached hydrogen (secondary N) is 2. The quantitative estimate of drug-likeness (QED) is 0.518. The minimum Gasteiger partial charge on any atom is -0.354 e. The van der Waals surface area contributed by atoms with Crippen molar-refractivity contribution < 1.29 is 9.59 Å². The van der Waals surface area contributed by atoms with Crippen LogP contribution in [0.15, 0.2) is 66.9 Å². The highest BCUT2D eigenvalue weighted by Gasteiger charge is 2.16. The Morgan fingerprint density at radius 2 is 1.67 bits per heavy atom. The second kappa shape index (κ2) is 8.52. The summed E-state index contributed by atoms with van der Waals surface area (Å²) in [6.07, 6.45) is 2.45. The van der Waals surface area contributed by atoms with E-state index in [9.17, 15) is 9.59 Å². The number of aryl methyl sites for hydroxylation is 2. The Balaban J connectivity index is 1.62. The van der Waals surface area contributed by atoms with Crippen LogP contribution in [0.1, 0.15) is 26.7 Å². The summed E-state index contributed by atoms with van der Waals surface area (Å²) < 4.78 is 1.95. The largest absolute Gasteiger partial charge is 0.354 e. The third kappa shape index (κ3) is 4.02. The molecule has 2 amide bonds. The zero-order valence-electron chi connectivity index (χ0n) is 16.4. The molecule has 4 aromatic rings. The van der Waals surface area contributed by atoms with Crippen LogP contribution in [0.3, 0.4) is 0 Å². The van der Waals surface area contributed by atoms with E-state index >= 15 is 0 Å². The molecule has 0 aliphatic carbocycles. The van der Waals surface area contributed by atoms with Crippen LogP contribution in [0, 0.1) is 0 Å². The number of fused-ring (bicyclic) bond motifs is 1. The molecular formula is C22H20N6O2. The molecule has 0 fully saturated rings. The van der Waals surface area contributed by atoms with Crippen LogP contribution < -0.4 is 10.6 Å². The van der Waals surface area contributed by atoms with E-state index in [0.717, 1.165) is 16.7 Å². The second-order valence-corrected chi connectivity index (χ2v) is 6.59. The predicted octanol–water partition coefficient (Wildman–Crippen LogP) is 2.68. The molecule has 0 bridgehead atoms. The second-order valence-electron chi connectivity index (χ2n) is 6.59. The van der Waals surface area contributed by atoms with Gasteiger partial charge in [0.25, 0.3) is 11.8 Å². The van der Waals surface area contributed by atoms with Crippen LogP contribution in [-0.2, 0) is 13.0 Å². The number of carbonyl (C=O) groups excluding carboxylic acids is 2. The smallest absolute Gasteiger partial charge is 0.276 e. The molecule has 1 aromatic carbocycles. The number of para-hydroxylation sites is 2. The summed E-state index contributed by atoms with van der Waals surface area (Å²) >= 11 is 0. The fourth-order valence-electron chi connectivity index (χ4n) is 3.15. The Morgan fingerprint density at radius 1 is 0.900 bits per heavy atom. The molecule has 0 spiro atoms. The fraction of sp³-hybridized carbons (Fsp3) is 0.136. The lowest BCUT2D eigenvalue weighted by molar-refractivity contribution is 0.0958. The van der Waals surface area contributed by atoms with Crippen LogP contribution in [-0.4, -0.2) is 38.4 Å². The monoisotopic (exact) mass is 400 g/mol. The van der Waals surface area contributed by atoms with Crippen molar-refractivity contribution in [3.63, 3.8) is 0 Å². The first kappa shape index (κ1) is 19.3. The van der Waals surface area contributed by atoms with Gasteiger partial charge in [-0.2, -0.15) is 0 Å². The van der Waals surface area contributed by atoms with Gasteiger partial charge < -0.3 is 9.88 Å². The molecule has 4 rings (SSSR count). The van der Waals surface area contributed by atoms with Crippen molar-refractivity contribution in [3.05, 3.63) is 83.9 Å². The molecule has 0 unspecified atom stereocenters. The number of rotatable bonds is 6. The molecule has 2 N–H and O–H groups in total. The van der Waals surface area contributed by atoms with E-state index in [1.54, 1.807) is 24.4 Å². The number of hydrogen-bond acceptors (Lipinski definition) is 5. The van der Waals surface area contributed by atoms with Crippen molar-refractivity contribution >= 4 is 28.8 Å². The lowest BCUT2D eigenvalue weighted by Gasteiger charge is -2.10. The Bertz CT molecular complexity index is 1200. The zero-order valence-corrected chi connectivity index (χ0v) is 16.4. The summed E-state index contributed by atoms with van der Waals surface area (Å²) in [5.74, 6) is -0.369. The van der Waals surface area contributed by atoms with Gasteiger partial charge in [0.15, 0.2) is 0 Å². The highest BCUT2D eigenvalue weighted by atomic mass is 16.2. The van der Waals surface area contributed by atoms with Crippen molar-refractivity contribution in [1.82, 2.24) is 24.8 Å². The standard InChI is InChI=1S/C22H20N6O2/c1-23-20(29)17-9-6-10-18(25-17)21(30)27-22-26-16-8-2-3-11-19(16)28(22)14-12-15-7-4-5-13-24-15/h2-11,13H,12,14H2,1H3,(H,23,29)(H,26,27,30). The predicted molar refractivity (Wildman–Crippen MR) is 113 cm³/mol. The topological polar surface area (TPSA) is 102 Å². The van der Waals surface area contributed by atoms with Crippen LogP contribution >= 0.6 is 0 Å². The lowest BCUT2D eigenvalue weighted by Crippen LogP contribution is -2.22. The van der Waals surface area contributed by atoms with Crippen LogP contribution in [0.5, 0.6) is 0 Å². The number of amides is 2. The molecule has 3 heterocycles. The maximum Gasteiger partial charge on any atom is 0.276 e. The van der Waals surface area contributed by atoms with Crippen LogP contribution in [0.25, 0.3) is 11.0 Å². The summed E-state index contributed by atoms with van der Waals surface area (Å²) in [5, 5.41) is 5.34. The van der Waals surface area contributed by atoms with E-state index in [4.69, 9.17) is 0 Å². The number of imidazole rings is 1. The highest BCUT2D eigenvalue weighted by Crippen LogP contribution is 2.20. The first-order valence-corrected chi connectivity index (χ1v) is 9.51. The number of anilines is 1. The van der Waals surface area contributed by atoms with Gasteiger partial charge in [0.05, 0.1) is 11.0 Å². The third-order valence-electron chi connectivity index (χ3n) is 4.64. The minimum atomic E-state index is -0.435. The molecular weight excluding hydrogens is 380 g/mol. The SMILES string of the molecule is CNC(=O)c1cccc(C(=O)Nc2nc3ccccc3n2CCc2ccccn2)n1. The van der Waals surface area contributed by atoms with Crippen molar-refractivity contribution in [2.45, 2.75) is 13.0 Å². The highest BCUT2D eigenvalue weighted by molar-refractivity contribution is 6.03. The average molecular weight is 400 g/mol. The summed E-state index contributed by atoms with van der Waals surface area (Å²) in [6.45, 7) is 0.596. The van der Waals surface area contributed by atoms with E-state index < -0.39 is 5.91 Å². The van der Waals surface area contributed by atoms with Gasteiger partial charge in [0.2, 0.25) is 5.95 Å². The Hall–Kier alpha value is -4.07. The van der Waals surface area contributed by atoms with Gasteiger partial charge in [-0.3, -0.25) is 19.9 Å². The number of pyridine rings is 2. The van der Waals surface area contributed by atoms with Crippen molar-refractivity contribution in [1.29, 1.82) is 0 Å². The molecule has 150 valence electrons. The molecule has 0 saturated carbocycles. The molecule has 3 aromatic heterocycles. The average Bonchev–Trinajstić information content (AvgIpc) is 3.14. The Labute approximate surface area is 173 Å². The number of carbonyl (C=O) groups is 2. The van der Waals surface area contributed by atoms with Gasteiger partial charge in [-0.05, 0) is 36.4 Å². The van der Waals surface area contributed by atoms with Crippen LogP contribution in [0.4, 0.5) is 5.95 Å². The van der Waals surface area contributed by atoms with E-state index in [2.05, 4.69) is 25.6 Å².